The predicted octanol–water partition coefficient (Wildman–Crippen LogP) is 1.48. The molecule has 7 nitrogen and oxygen atoms in total. The molecule has 2 saturated heterocycles. The van der Waals surface area contributed by atoms with E-state index in [2.05, 4.69) is 26.9 Å². The lowest BCUT2D eigenvalue weighted by Crippen LogP contribution is -2.51. The van der Waals surface area contributed by atoms with Gasteiger partial charge in [0.15, 0.2) is 0 Å². The lowest BCUT2D eigenvalue weighted by atomic mass is 10.1. The first-order chi connectivity index (χ1) is 12.2. The fraction of sp³-hybridized carbons (Fsp3) is 0.500. The molecule has 0 aliphatic carbocycles. The molecule has 0 radical (unpaired) electrons. The first kappa shape index (κ1) is 16.2. The maximum Gasteiger partial charge on any atom is 0.323 e. The van der Waals surface area contributed by atoms with Crippen LogP contribution < -0.4 is 0 Å². The number of nitrogens with zero attached hydrogens (tertiary/aromatic N) is 4. The molecule has 0 N–H and O–H groups in total. The second-order valence-electron chi connectivity index (χ2n) is 6.66. The minimum atomic E-state index is -0.0758. The van der Waals surface area contributed by atoms with Crippen LogP contribution in [0.15, 0.2) is 28.8 Å². The van der Waals surface area contributed by atoms with Crippen molar-refractivity contribution in [3.8, 4) is 11.4 Å². The van der Waals surface area contributed by atoms with E-state index in [9.17, 15) is 4.79 Å². The van der Waals surface area contributed by atoms with Gasteiger partial charge in [-0.2, -0.15) is 4.98 Å². The van der Waals surface area contributed by atoms with Gasteiger partial charge in [0.1, 0.15) is 6.04 Å². The van der Waals surface area contributed by atoms with Crippen molar-refractivity contribution in [3.05, 3.63) is 35.7 Å². The van der Waals surface area contributed by atoms with Crippen molar-refractivity contribution < 1.29 is 14.1 Å². The van der Waals surface area contributed by atoms with E-state index in [0.29, 0.717) is 24.9 Å². The molecule has 0 amide bonds. The zero-order valence-corrected chi connectivity index (χ0v) is 14.4. The van der Waals surface area contributed by atoms with Crippen LogP contribution in [0.3, 0.4) is 0 Å². The van der Waals surface area contributed by atoms with Crippen molar-refractivity contribution in [1.82, 2.24) is 19.9 Å². The molecule has 1 atom stereocenters. The highest BCUT2D eigenvalue weighted by Crippen LogP contribution is 2.19. The van der Waals surface area contributed by atoms with Crippen LogP contribution in [0, 0.1) is 6.92 Å². The Morgan fingerprint density at radius 1 is 1.16 bits per heavy atom. The summed E-state index contributed by atoms with van der Waals surface area (Å²) >= 11 is 0. The van der Waals surface area contributed by atoms with Gasteiger partial charge in [-0.25, -0.2) is 0 Å². The van der Waals surface area contributed by atoms with Crippen LogP contribution in [-0.2, 0) is 16.1 Å². The molecule has 2 aliphatic heterocycles. The molecule has 1 aromatic carbocycles. The summed E-state index contributed by atoms with van der Waals surface area (Å²) in [5.41, 5.74) is 2.17. The number of benzene rings is 1. The Hall–Kier alpha value is -2.25. The monoisotopic (exact) mass is 342 g/mol. The highest BCUT2D eigenvalue weighted by molar-refractivity contribution is 5.77. The van der Waals surface area contributed by atoms with Crippen LogP contribution in [0.2, 0.25) is 0 Å². The molecule has 1 unspecified atom stereocenters. The summed E-state index contributed by atoms with van der Waals surface area (Å²) in [6.45, 7) is 6.72. The van der Waals surface area contributed by atoms with E-state index in [0.717, 1.165) is 38.2 Å². The average molecular weight is 342 g/mol. The van der Waals surface area contributed by atoms with Gasteiger partial charge in [-0.15, -0.1) is 0 Å². The minimum Gasteiger partial charge on any atom is -0.464 e. The number of carbonyl (C=O) groups is 1. The van der Waals surface area contributed by atoms with Gasteiger partial charge in [-0.3, -0.25) is 14.6 Å². The third-order valence-electron chi connectivity index (χ3n) is 4.89. The van der Waals surface area contributed by atoms with E-state index in [1.165, 1.54) is 5.56 Å². The van der Waals surface area contributed by atoms with Crippen molar-refractivity contribution in [2.24, 2.45) is 0 Å². The zero-order chi connectivity index (χ0) is 17.2. The summed E-state index contributed by atoms with van der Waals surface area (Å²) in [7, 11) is 0. The number of hydrogen-bond donors (Lipinski definition) is 0. The van der Waals surface area contributed by atoms with E-state index in [1.54, 1.807) is 0 Å². The molecular weight excluding hydrogens is 320 g/mol. The average Bonchev–Trinajstić information content (AvgIpc) is 3.26. The van der Waals surface area contributed by atoms with Crippen LogP contribution in [-0.4, -0.2) is 64.7 Å². The number of rotatable bonds is 4. The Bertz CT molecular complexity index is 735. The van der Waals surface area contributed by atoms with Crippen molar-refractivity contribution in [1.29, 1.82) is 0 Å². The number of hydrogen-bond acceptors (Lipinski definition) is 7. The quantitative estimate of drug-likeness (QED) is 0.779. The number of aromatic nitrogens is 2. The van der Waals surface area contributed by atoms with Crippen molar-refractivity contribution in [2.45, 2.75) is 25.9 Å². The van der Waals surface area contributed by atoms with Crippen LogP contribution in [0.25, 0.3) is 11.4 Å². The van der Waals surface area contributed by atoms with Gasteiger partial charge in [0, 0.05) is 38.2 Å². The summed E-state index contributed by atoms with van der Waals surface area (Å²) in [4.78, 5) is 20.7. The predicted molar refractivity (Wildman–Crippen MR) is 90.7 cm³/mol. The number of cyclic esters (lactones) is 1. The number of aryl methyl sites for hydroxylation is 1. The minimum absolute atomic E-state index is 0.0568. The molecule has 1 aromatic heterocycles. The number of carbonyl (C=O) groups excluding carboxylic acids is 1. The molecule has 2 aliphatic rings. The maximum absolute atomic E-state index is 11.7. The van der Waals surface area contributed by atoms with Gasteiger partial charge >= 0.3 is 5.97 Å². The molecule has 0 saturated carbocycles. The van der Waals surface area contributed by atoms with E-state index < -0.39 is 0 Å². The highest BCUT2D eigenvalue weighted by Gasteiger charge is 2.34. The summed E-state index contributed by atoms with van der Waals surface area (Å²) in [5, 5.41) is 4.09. The van der Waals surface area contributed by atoms with Crippen molar-refractivity contribution >= 4 is 5.97 Å². The third kappa shape index (κ3) is 3.57. The summed E-state index contributed by atoms with van der Waals surface area (Å²) < 4.78 is 10.5. The summed E-state index contributed by atoms with van der Waals surface area (Å²) in [5.74, 6) is 1.18. The SMILES string of the molecule is Cc1ccc(-c2noc(CN3CCN(C4CCOC4=O)CC3)n2)cc1. The van der Waals surface area contributed by atoms with Gasteiger partial charge in [0.25, 0.3) is 0 Å². The Kier molecular flexibility index (Phi) is 4.50. The highest BCUT2D eigenvalue weighted by atomic mass is 16.5. The topological polar surface area (TPSA) is 71.7 Å². The largest absolute Gasteiger partial charge is 0.464 e. The second kappa shape index (κ2) is 6.93. The third-order valence-corrected chi connectivity index (χ3v) is 4.89. The molecule has 2 fully saturated rings. The van der Waals surface area contributed by atoms with Gasteiger partial charge in [0.2, 0.25) is 11.7 Å². The molecule has 2 aromatic rings. The van der Waals surface area contributed by atoms with Crippen LogP contribution >= 0.6 is 0 Å². The molecule has 0 spiro atoms. The van der Waals surface area contributed by atoms with Crippen molar-refractivity contribution in [2.75, 3.05) is 32.8 Å². The number of ether oxygens (including phenoxy) is 1. The zero-order valence-electron chi connectivity index (χ0n) is 14.4. The van der Waals surface area contributed by atoms with E-state index >= 15 is 0 Å². The van der Waals surface area contributed by atoms with E-state index in [1.807, 2.05) is 24.3 Å². The van der Waals surface area contributed by atoms with Crippen LogP contribution in [0.4, 0.5) is 0 Å². The first-order valence-electron chi connectivity index (χ1n) is 8.72. The lowest BCUT2D eigenvalue weighted by Gasteiger charge is -2.35. The summed E-state index contributed by atoms with van der Waals surface area (Å²) in [6, 6.07) is 8.03. The van der Waals surface area contributed by atoms with E-state index in [-0.39, 0.29) is 12.0 Å². The molecule has 4 rings (SSSR count). The molecule has 0 bridgehead atoms. The molecule has 25 heavy (non-hydrogen) atoms. The standard InChI is InChI=1S/C18H22N4O3/c1-13-2-4-14(5-3-13)17-19-16(25-20-17)12-21-7-9-22(10-8-21)15-6-11-24-18(15)23/h2-5,15H,6-12H2,1H3. The first-order valence-corrected chi connectivity index (χ1v) is 8.72. The van der Waals surface area contributed by atoms with Crippen molar-refractivity contribution in [3.63, 3.8) is 0 Å². The Balaban J connectivity index is 1.33. The lowest BCUT2D eigenvalue weighted by molar-refractivity contribution is -0.142. The van der Waals surface area contributed by atoms with Gasteiger partial charge in [-0.1, -0.05) is 35.0 Å². The molecule has 3 heterocycles. The smallest absolute Gasteiger partial charge is 0.323 e. The maximum atomic E-state index is 11.7. The fourth-order valence-corrected chi connectivity index (χ4v) is 3.38. The Labute approximate surface area is 146 Å². The van der Waals surface area contributed by atoms with Gasteiger partial charge in [0.05, 0.1) is 13.2 Å². The molecular formula is C18H22N4O3. The van der Waals surface area contributed by atoms with E-state index in [4.69, 9.17) is 9.26 Å². The fourth-order valence-electron chi connectivity index (χ4n) is 3.38. The number of piperazine rings is 1. The van der Waals surface area contributed by atoms with Gasteiger partial charge < -0.3 is 9.26 Å². The Morgan fingerprint density at radius 3 is 2.60 bits per heavy atom. The molecule has 7 heteroatoms. The number of esters is 1. The normalized spacial score (nSPS) is 22.3. The summed E-state index contributed by atoms with van der Waals surface area (Å²) in [6.07, 6.45) is 0.808. The molecule has 132 valence electrons. The van der Waals surface area contributed by atoms with Crippen LogP contribution in [0.1, 0.15) is 17.9 Å². The second-order valence-corrected chi connectivity index (χ2v) is 6.66. The Morgan fingerprint density at radius 2 is 1.92 bits per heavy atom. The van der Waals surface area contributed by atoms with Crippen LogP contribution in [0.5, 0.6) is 0 Å². The van der Waals surface area contributed by atoms with Gasteiger partial charge in [-0.05, 0) is 6.92 Å².